The molecule has 0 bridgehead atoms. The van der Waals surface area contributed by atoms with E-state index in [1.54, 1.807) is 24.4 Å². The molecule has 0 amide bonds. The van der Waals surface area contributed by atoms with E-state index in [9.17, 15) is 9.90 Å². The Hall–Kier alpha value is -2.94. The number of nitrogens with zero attached hydrogens (tertiary/aromatic N) is 1. The van der Waals surface area contributed by atoms with Gasteiger partial charge < -0.3 is 5.11 Å². The molecule has 3 heteroatoms. The van der Waals surface area contributed by atoms with Crippen molar-refractivity contribution in [1.29, 1.82) is 0 Å². The summed E-state index contributed by atoms with van der Waals surface area (Å²) in [6.07, 6.45) is 4.74. The lowest BCUT2D eigenvalue weighted by Gasteiger charge is -2.06. The van der Waals surface area contributed by atoms with Crippen LogP contribution in [0.2, 0.25) is 0 Å². The van der Waals surface area contributed by atoms with Gasteiger partial charge in [-0.3, -0.25) is 9.78 Å². The van der Waals surface area contributed by atoms with Crippen LogP contribution in [0.1, 0.15) is 16.1 Å². The van der Waals surface area contributed by atoms with Gasteiger partial charge in [-0.05, 0) is 41.1 Å². The van der Waals surface area contributed by atoms with Crippen molar-refractivity contribution < 1.29 is 9.90 Å². The Labute approximate surface area is 122 Å². The van der Waals surface area contributed by atoms with Crippen molar-refractivity contribution in [3.8, 4) is 5.75 Å². The van der Waals surface area contributed by atoms with E-state index in [0.717, 1.165) is 10.8 Å². The molecule has 0 unspecified atom stereocenters. The van der Waals surface area contributed by atoms with E-state index in [-0.39, 0.29) is 11.5 Å². The van der Waals surface area contributed by atoms with Crippen molar-refractivity contribution in [2.75, 3.05) is 0 Å². The predicted molar refractivity (Wildman–Crippen MR) is 83.2 cm³/mol. The van der Waals surface area contributed by atoms with Crippen LogP contribution in [0.4, 0.5) is 0 Å². The van der Waals surface area contributed by atoms with Gasteiger partial charge in [0.25, 0.3) is 0 Å². The van der Waals surface area contributed by atoms with Gasteiger partial charge in [-0.2, -0.15) is 0 Å². The minimum atomic E-state index is -0.241. The summed E-state index contributed by atoms with van der Waals surface area (Å²) in [5, 5.41) is 11.7. The first-order valence-electron chi connectivity index (χ1n) is 6.60. The Morgan fingerprint density at radius 3 is 2.62 bits per heavy atom. The number of hydrogen-bond acceptors (Lipinski definition) is 3. The fourth-order valence-electron chi connectivity index (χ4n) is 2.24. The number of hydrogen-bond donors (Lipinski definition) is 1. The number of phenols is 1. The van der Waals surface area contributed by atoms with Crippen molar-refractivity contribution >= 4 is 22.6 Å². The normalized spacial score (nSPS) is 11.0. The second-order valence-electron chi connectivity index (χ2n) is 4.63. The average Bonchev–Trinajstić information content (AvgIpc) is 2.53. The molecule has 21 heavy (non-hydrogen) atoms. The maximum Gasteiger partial charge on any atom is 0.190 e. The van der Waals surface area contributed by atoms with Crippen molar-refractivity contribution in [2.45, 2.75) is 0 Å². The molecule has 3 rings (SSSR count). The topological polar surface area (TPSA) is 50.2 Å². The van der Waals surface area contributed by atoms with Gasteiger partial charge in [0.05, 0.1) is 11.3 Å². The van der Waals surface area contributed by atoms with Crippen LogP contribution in [0, 0.1) is 0 Å². The summed E-state index contributed by atoms with van der Waals surface area (Å²) in [6.45, 7) is 0. The monoisotopic (exact) mass is 275 g/mol. The Kier molecular flexibility index (Phi) is 3.48. The Bertz CT molecular complexity index is 823. The number of phenolic OH excluding ortho intramolecular Hbond substituents is 1. The van der Waals surface area contributed by atoms with Crippen molar-refractivity contribution in [1.82, 2.24) is 4.98 Å². The quantitative estimate of drug-likeness (QED) is 0.583. The summed E-state index contributed by atoms with van der Waals surface area (Å²) < 4.78 is 0. The van der Waals surface area contributed by atoms with Gasteiger partial charge in [-0.25, -0.2) is 0 Å². The van der Waals surface area contributed by atoms with E-state index >= 15 is 0 Å². The van der Waals surface area contributed by atoms with E-state index < -0.39 is 0 Å². The first-order valence-corrected chi connectivity index (χ1v) is 6.60. The summed E-state index contributed by atoms with van der Waals surface area (Å²) >= 11 is 0. The van der Waals surface area contributed by atoms with Gasteiger partial charge in [0.1, 0.15) is 5.75 Å². The largest absolute Gasteiger partial charge is 0.507 e. The van der Waals surface area contributed by atoms with Crippen LogP contribution < -0.4 is 0 Å². The molecule has 2 aromatic carbocycles. The predicted octanol–water partition coefficient (Wildman–Crippen LogP) is 3.84. The lowest BCUT2D eigenvalue weighted by atomic mass is 10.00. The van der Waals surface area contributed by atoms with E-state index in [4.69, 9.17) is 0 Å². The number of allylic oxidation sites excluding steroid dienone is 1. The zero-order chi connectivity index (χ0) is 14.7. The summed E-state index contributed by atoms with van der Waals surface area (Å²) in [4.78, 5) is 16.5. The number of aromatic hydroxyl groups is 1. The number of ketones is 1. The molecule has 1 N–H and O–H groups in total. The smallest absolute Gasteiger partial charge is 0.190 e. The summed E-state index contributed by atoms with van der Waals surface area (Å²) in [7, 11) is 0. The summed E-state index contributed by atoms with van der Waals surface area (Å²) in [5.41, 5.74) is 1.02. The minimum absolute atomic E-state index is 0.00984. The molecule has 1 heterocycles. The van der Waals surface area contributed by atoms with Gasteiger partial charge in [0.2, 0.25) is 0 Å². The molecule has 1 aromatic heterocycles. The molecule has 3 aromatic rings. The maximum atomic E-state index is 12.4. The first kappa shape index (κ1) is 13.1. The van der Waals surface area contributed by atoms with Gasteiger partial charge in [0, 0.05) is 6.20 Å². The van der Waals surface area contributed by atoms with Gasteiger partial charge in [-0.15, -0.1) is 0 Å². The van der Waals surface area contributed by atoms with Crippen LogP contribution in [-0.2, 0) is 0 Å². The van der Waals surface area contributed by atoms with Gasteiger partial charge in [-0.1, -0.05) is 36.4 Å². The highest BCUT2D eigenvalue weighted by molar-refractivity contribution is 6.16. The molecule has 0 aliphatic rings. The van der Waals surface area contributed by atoms with Crippen LogP contribution in [-0.4, -0.2) is 15.9 Å². The van der Waals surface area contributed by atoms with E-state index in [1.165, 1.54) is 6.08 Å². The molecule has 0 aliphatic heterocycles. The highest BCUT2D eigenvalue weighted by atomic mass is 16.3. The molecule has 102 valence electrons. The molecule has 0 atom stereocenters. The molecule has 3 nitrogen and oxygen atoms in total. The third-order valence-electron chi connectivity index (χ3n) is 3.25. The lowest BCUT2D eigenvalue weighted by molar-refractivity contribution is 0.104. The fourth-order valence-corrected chi connectivity index (χ4v) is 2.24. The second kappa shape index (κ2) is 5.59. The first-order chi connectivity index (χ1) is 10.3. The third kappa shape index (κ3) is 2.67. The van der Waals surface area contributed by atoms with Gasteiger partial charge >= 0.3 is 0 Å². The minimum Gasteiger partial charge on any atom is -0.507 e. The Morgan fingerprint density at radius 2 is 1.81 bits per heavy atom. The fraction of sp³-hybridized carbons (Fsp3) is 0. The van der Waals surface area contributed by atoms with Crippen LogP contribution in [0.15, 0.2) is 66.9 Å². The number of rotatable bonds is 3. The summed E-state index contributed by atoms with van der Waals surface area (Å²) in [5.74, 6) is -0.251. The number of aromatic nitrogens is 1. The van der Waals surface area contributed by atoms with Crippen LogP contribution in [0.3, 0.4) is 0 Å². The molecular weight excluding hydrogens is 262 g/mol. The van der Waals surface area contributed by atoms with E-state index in [2.05, 4.69) is 4.98 Å². The second-order valence-corrected chi connectivity index (χ2v) is 4.63. The average molecular weight is 275 g/mol. The van der Waals surface area contributed by atoms with Gasteiger partial charge in [0.15, 0.2) is 5.78 Å². The third-order valence-corrected chi connectivity index (χ3v) is 3.25. The van der Waals surface area contributed by atoms with E-state index in [1.807, 2.05) is 42.5 Å². The standard InChI is InChI=1S/C18H13NO2/c20-16-10-8-13-5-1-2-7-15(13)18(16)17(21)11-9-14-6-3-4-12-19-14/h1-12,20H/b11-9+. The molecule has 0 aliphatic carbocycles. The Morgan fingerprint density at radius 1 is 1.00 bits per heavy atom. The number of pyridine rings is 1. The van der Waals surface area contributed by atoms with Crippen molar-refractivity contribution in [3.63, 3.8) is 0 Å². The Balaban J connectivity index is 2.02. The number of carbonyl (C=O) groups is 1. The molecule has 0 radical (unpaired) electrons. The lowest BCUT2D eigenvalue weighted by Crippen LogP contribution is -1.96. The van der Waals surface area contributed by atoms with Crippen molar-refractivity contribution in [2.24, 2.45) is 0 Å². The molecule has 0 spiro atoms. The van der Waals surface area contributed by atoms with E-state index in [0.29, 0.717) is 11.3 Å². The molecule has 0 saturated heterocycles. The van der Waals surface area contributed by atoms with Crippen LogP contribution in [0.25, 0.3) is 16.8 Å². The van der Waals surface area contributed by atoms with Crippen LogP contribution in [0.5, 0.6) is 5.75 Å². The molecule has 0 fully saturated rings. The summed E-state index contributed by atoms with van der Waals surface area (Å²) in [6, 6.07) is 16.3. The zero-order valence-electron chi connectivity index (χ0n) is 11.2. The number of benzene rings is 2. The highest BCUT2D eigenvalue weighted by Gasteiger charge is 2.12. The molecular formula is C18H13NO2. The number of fused-ring (bicyclic) bond motifs is 1. The SMILES string of the molecule is O=C(/C=C/c1ccccn1)c1c(O)ccc2ccccc12. The zero-order valence-corrected chi connectivity index (χ0v) is 11.2. The highest BCUT2D eigenvalue weighted by Crippen LogP contribution is 2.27. The van der Waals surface area contributed by atoms with Crippen molar-refractivity contribution in [3.05, 3.63) is 78.1 Å². The maximum absolute atomic E-state index is 12.4. The number of carbonyl (C=O) groups excluding carboxylic acids is 1. The molecule has 0 saturated carbocycles. The van der Waals surface area contributed by atoms with Crippen LogP contribution >= 0.6 is 0 Å².